The molecule has 0 aliphatic heterocycles. The van der Waals surface area contributed by atoms with Gasteiger partial charge in [-0.1, -0.05) is 60.7 Å². The molecule has 0 aliphatic carbocycles. The van der Waals surface area contributed by atoms with Gasteiger partial charge in [0.25, 0.3) is 0 Å². The van der Waals surface area contributed by atoms with Crippen LogP contribution in [0.15, 0.2) is 60.7 Å². The molecule has 2 aromatic rings. The van der Waals surface area contributed by atoms with Crippen LogP contribution in [-0.2, 0) is 22.3 Å². The van der Waals surface area contributed by atoms with Crippen LogP contribution in [0.25, 0.3) is 0 Å². The van der Waals surface area contributed by atoms with Crippen molar-refractivity contribution in [2.45, 2.75) is 18.8 Å². The summed E-state index contributed by atoms with van der Waals surface area (Å²) in [6, 6.07) is 18.5. The quantitative estimate of drug-likeness (QED) is 0.795. The van der Waals surface area contributed by atoms with E-state index in [0.29, 0.717) is 0 Å². The van der Waals surface area contributed by atoms with Crippen molar-refractivity contribution < 1.29 is 19.0 Å². The number of carbonyl (C=O) groups excluding carboxylic acids is 1. The van der Waals surface area contributed by atoms with Crippen molar-refractivity contribution in [3.63, 3.8) is 0 Å². The lowest BCUT2D eigenvalue weighted by atomic mass is 10.1. The standard InChI is InChI=1S/C17H20NO4P/c1-23(20,21)16(12-14-8-4-2-5-9-14)18-17(19)22-13-15-10-6-3-7-11-15/h2-11,16H,12-13H2,1H3,(H,18,19)(H,20,21)/t16-/m1/s1. The lowest BCUT2D eigenvalue weighted by molar-refractivity contribution is 0.138. The van der Waals surface area contributed by atoms with Gasteiger partial charge in [0, 0.05) is 13.1 Å². The molecule has 0 spiro atoms. The van der Waals surface area contributed by atoms with E-state index in [9.17, 15) is 14.3 Å². The molecule has 1 unspecified atom stereocenters. The average molecular weight is 333 g/mol. The summed E-state index contributed by atoms with van der Waals surface area (Å²) in [5.41, 5.74) is 1.72. The third-order valence-electron chi connectivity index (χ3n) is 3.35. The Labute approximate surface area is 135 Å². The van der Waals surface area contributed by atoms with E-state index in [1.54, 1.807) is 0 Å². The van der Waals surface area contributed by atoms with Gasteiger partial charge in [-0.3, -0.25) is 4.57 Å². The van der Waals surface area contributed by atoms with Crippen molar-refractivity contribution in [1.29, 1.82) is 0 Å². The number of alkyl carbamates (subject to hydrolysis) is 1. The molecule has 2 rings (SSSR count). The zero-order valence-corrected chi connectivity index (χ0v) is 13.8. The first kappa shape index (κ1) is 17.3. The molecule has 5 nitrogen and oxygen atoms in total. The number of rotatable bonds is 6. The summed E-state index contributed by atoms with van der Waals surface area (Å²) in [4.78, 5) is 21.8. The molecule has 0 saturated carbocycles. The molecular weight excluding hydrogens is 313 g/mol. The number of nitrogens with one attached hydrogen (secondary N) is 1. The third kappa shape index (κ3) is 5.89. The summed E-state index contributed by atoms with van der Waals surface area (Å²) in [5, 5.41) is 2.50. The van der Waals surface area contributed by atoms with Gasteiger partial charge in [0.1, 0.15) is 12.4 Å². The van der Waals surface area contributed by atoms with Gasteiger partial charge in [-0.15, -0.1) is 0 Å². The average Bonchev–Trinajstić information content (AvgIpc) is 2.53. The van der Waals surface area contributed by atoms with Crippen LogP contribution in [0.2, 0.25) is 0 Å². The molecule has 0 fully saturated rings. The fourth-order valence-electron chi connectivity index (χ4n) is 2.08. The molecule has 6 heteroatoms. The van der Waals surface area contributed by atoms with Crippen LogP contribution in [0, 0.1) is 0 Å². The zero-order valence-electron chi connectivity index (χ0n) is 12.9. The molecule has 2 aromatic carbocycles. The second-order valence-electron chi connectivity index (χ2n) is 5.35. The smallest absolute Gasteiger partial charge is 0.408 e. The Morgan fingerprint density at radius 3 is 2.13 bits per heavy atom. The largest absolute Gasteiger partial charge is 0.445 e. The predicted molar refractivity (Wildman–Crippen MR) is 89.4 cm³/mol. The van der Waals surface area contributed by atoms with Gasteiger partial charge in [0.15, 0.2) is 0 Å². The Balaban J connectivity index is 1.95. The van der Waals surface area contributed by atoms with E-state index in [1.807, 2.05) is 60.7 Å². The van der Waals surface area contributed by atoms with Gasteiger partial charge in [-0.25, -0.2) is 4.79 Å². The number of benzene rings is 2. The summed E-state index contributed by atoms with van der Waals surface area (Å²) in [6.45, 7) is 1.35. The van der Waals surface area contributed by atoms with Crippen LogP contribution in [-0.4, -0.2) is 23.4 Å². The molecule has 0 aromatic heterocycles. The van der Waals surface area contributed by atoms with Gasteiger partial charge < -0.3 is 14.9 Å². The fraction of sp³-hybridized carbons (Fsp3) is 0.235. The van der Waals surface area contributed by atoms with Crippen molar-refractivity contribution in [2.24, 2.45) is 0 Å². The minimum Gasteiger partial charge on any atom is -0.445 e. The highest BCUT2D eigenvalue weighted by Gasteiger charge is 2.28. The zero-order chi connectivity index (χ0) is 16.7. The maximum Gasteiger partial charge on any atom is 0.408 e. The molecule has 0 heterocycles. The molecule has 0 radical (unpaired) electrons. The first-order chi connectivity index (χ1) is 10.9. The summed E-state index contributed by atoms with van der Waals surface area (Å²) in [5.74, 6) is -0.881. The molecule has 0 bridgehead atoms. The summed E-state index contributed by atoms with van der Waals surface area (Å²) >= 11 is 0. The van der Waals surface area contributed by atoms with E-state index in [0.717, 1.165) is 11.1 Å². The van der Waals surface area contributed by atoms with Crippen LogP contribution in [0.1, 0.15) is 11.1 Å². The molecule has 2 N–H and O–H groups in total. The first-order valence-corrected chi connectivity index (χ1v) is 9.44. The maximum absolute atomic E-state index is 12.0. The van der Waals surface area contributed by atoms with Crippen LogP contribution >= 0.6 is 7.37 Å². The number of amides is 1. The predicted octanol–water partition coefficient (Wildman–Crippen LogP) is 3.38. The maximum atomic E-state index is 12.0. The third-order valence-corrected chi connectivity index (χ3v) is 4.82. The SMILES string of the molecule is CP(=O)(O)[C@H](Cc1ccccc1)NC(=O)OCc1ccccc1. The van der Waals surface area contributed by atoms with E-state index in [4.69, 9.17) is 4.74 Å². The first-order valence-electron chi connectivity index (χ1n) is 7.26. The number of carbonyl (C=O) groups is 1. The Morgan fingerprint density at radius 1 is 1.09 bits per heavy atom. The highest BCUT2D eigenvalue weighted by Crippen LogP contribution is 2.41. The molecule has 23 heavy (non-hydrogen) atoms. The molecule has 122 valence electrons. The molecule has 2 atom stereocenters. The van der Waals surface area contributed by atoms with Crippen LogP contribution < -0.4 is 5.32 Å². The minimum absolute atomic E-state index is 0.115. The van der Waals surface area contributed by atoms with E-state index in [1.165, 1.54) is 6.66 Å². The topological polar surface area (TPSA) is 75.6 Å². The van der Waals surface area contributed by atoms with Crippen molar-refractivity contribution in [3.05, 3.63) is 71.8 Å². The number of hydrogen-bond acceptors (Lipinski definition) is 3. The number of ether oxygens (including phenoxy) is 1. The van der Waals surface area contributed by atoms with Crippen LogP contribution in [0.3, 0.4) is 0 Å². The van der Waals surface area contributed by atoms with Gasteiger partial charge in [-0.2, -0.15) is 0 Å². The summed E-state index contributed by atoms with van der Waals surface area (Å²) in [6.07, 6.45) is -0.433. The Bertz CT molecular complexity index is 670. The van der Waals surface area contributed by atoms with Gasteiger partial charge in [0.05, 0.1) is 0 Å². The van der Waals surface area contributed by atoms with Crippen LogP contribution in [0.4, 0.5) is 4.79 Å². The Kier molecular flexibility index (Phi) is 5.97. The molecule has 0 saturated heterocycles. The van der Waals surface area contributed by atoms with Gasteiger partial charge in [0.2, 0.25) is 7.37 Å². The summed E-state index contributed by atoms with van der Waals surface area (Å²) < 4.78 is 17.1. The van der Waals surface area contributed by atoms with Crippen LogP contribution in [0.5, 0.6) is 0 Å². The Morgan fingerprint density at radius 2 is 1.61 bits per heavy atom. The minimum atomic E-state index is -3.50. The van der Waals surface area contributed by atoms with E-state index < -0.39 is 19.2 Å². The lowest BCUT2D eigenvalue weighted by Gasteiger charge is -2.21. The molecular formula is C17H20NO4P. The Hall–Kier alpha value is -2.10. The fourth-order valence-corrected chi connectivity index (χ4v) is 2.97. The number of hydrogen-bond donors (Lipinski definition) is 2. The second-order valence-corrected chi connectivity index (χ2v) is 7.86. The van der Waals surface area contributed by atoms with E-state index in [2.05, 4.69) is 5.32 Å². The summed E-state index contributed by atoms with van der Waals surface area (Å²) in [7, 11) is -3.50. The van der Waals surface area contributed by atoms with Crippen molar-refractivity contribution in [3.8, 4) is 0 Å². The monoisotopic (exact) mass is 333 g/mol. The van der Waals surface area contributed by atoms with E-state index >= 15 is 0 Å². The normalized spacial score (nSPS) is 14.5. The van der Waals surface area contributed by atoms with Crippen molar-refractivity contribution in [2.75, 3.05) is 6.66 Å². The second kappa shape index (κ2) is 7.95. The van der Waals surface area contributed by atoms with Gasteiger partial charge >= 0.3 is 6.09 Å². The van der Waals surface area contributed by atoms with Crippen molar-refractivity contribution in [1.82, 2.24) is 5.32 Å². The van der Waals surface area contributed by atoms with Gasteiger partial charge in [-0.05, 0) is 11.1 Å². The van der Waals surface area contributed by atoms with E-state index in [-0.39, 0.29) is 13.0 Å². The molecule has 0 aliphatic rings. The highest BCUT2D eigenvalue weighted by atomic mass is 31.2. The van der Waals surface area contributed by atoms with Crippen molar-refractivity contribution >= 4 is 13.5 Å². The molecule has 1 amide bonds. The lowest BCUT2D eigenvalue weighted by Crippen LogP contribution is -2.36. The highest BCUT2D eigenvalue weighted by molar-refractivity contribution is 7.57.